The number of benzene rings is 2. The van der Waals surface area contributed by atoms with Gasteiger partial charge in [0.1, 0.15) is 0 Å². The maximum Gasteiger partial charge on any atom is 0.304 e. The molecule has 0 radical (unpaired) electrons. The Morgan fingerprint density at radius 1 is 1.16 bits per heavy atom. The Balaban J connectivity index is 1.70. The molecule has 0 spiro atoms. The van der Waals surface area contributed by atoms with E-state index in [0.717, 1.165) is 24.0 Å². The van der Waals surface area contributed by atoms with Crippen molar-refractivity contribution in [2.75, 3.05) is 0 Å². The van der Waals surface area contributed by atoms with E-state index in [2.05, 4.69) is 5.32 Å². The van der Waals surface area contributed by atoms with E-state index in [1.54, 1.807) is 25.1 Å². The van der Waals surface area contributed by atoms with Crippen molar-refractivity contribution in [1.29, 1.82) is 0 Å². The fourth-order valence-corrected chi connectivity index (χ4v) is 5.41. The van der Waals surface area contributed by atoms with Gasteiger partial charge in [-0.2, -0.15) is 0 Å². The van der Waals surface area contributed by atoms with E-state index in [1.165, 1.54) is 0 Å². The van der Waals surface area contributed by atoms with E-state index in [9.17, 15) is 19.8 Å². The number of carbonyl (C=O) groups excluding carboxylic acids is 1. The van der Waals surface area contributed by atoms with Crippen LogP contribution in [0.3, 0.4) is 0 Å². The number of amides is 1. The number of halogens is 2. The Bertz CT molecular complexity index is 1020. The topological polar surface area (TPSA) is 86.6 Å². The molecule has 0 unspecified atom stereocenters. The molecule has 1 saturated carbocycles. The van der Waals surface area contributed by atoms with Gasteiger partial charge in [0.2, 0.25) is 5.91 Å². The van der Waals surface area contributed by atoms with E-state index in [-0.39, 0.29) is 30.2 Å². The van der Waals surface area contributed by atoms with Gasteiger partial charge in [0.25, 0.3) is 0 Å². The lowest BCUT2D eigenvalue weighted by Crippen LogP contribution is -2.56. The highest BCUT2D eigenvalue weighted by molar-refractivity contribution is 6.30. The number of aliphatic carboxylic acids is 1. The molecule has 1 aliphatic heterocycles. The Morgan fingerprint density at radius 3 is 2.44 bits per heavy atom. The first-order valence-corrected chi connectivity index (χ1v) is 11.6. The number of carbonyl (C=O) groups is 2. The van der Waals surface area contributed by atoms with E-state index in [1.807, 2.05) is 30.3 Å². The number of aliphatic hydroxyl groups is 1. The molecule has 2 fully saturated rings. The third-order valence-corrected chi connectivity index (χ3v) is 7.45. The summed E-state index contributed by atoms with van der Waals surface area (Å²) in [5.74, 6) is -1.39. The summed E-state index contributed by atoms with van der Waals surface area (Å²) >= 11 is 12.3. The van der Waals surface area contributed by atoms with E-state index in [4.69, 9.17) is 23.2 Å². The third kappa shape index (κ3) is 4.66. The second kappa shape index (κ2) is 8.69. The standard InChI is InChI=1S/C25H27Cl2NO4/c1-24(14-22(29)30)12-20(15-3-2-4-19(27)11-15)21(28-23(24)31)13-25(32,16-5-6-16)17-7-9-18(26)10-8-17/h2-4,7-11,16,20-21,32H,5-6,12-14H2,1H3,(H,28,31)(H,29,30)/t20-,21+,24+,25+/m1/s1. The molecule has 2 aromatic rings. The van der Waals surface area contributed by atoms with Gasteiger partial charge in [-0.3, -0.25) is 9.59 Å². The van der Waals surface area contributed by atoms with Crippen LogP contribution in [0, 0.1) is 11.3 Å². The van der Waals surface area contributed by atoms with Crippen molar-refractivity contribution in [3.05, 3.63) is 69.7 Å². The molecule has 0 aromatic heterocycles. The average molecular weight is 476 g/mol. The second-order valence-corrected chi connectivity index (χ2v) is 10.4. The zero-order valence-corrected chi connectivity index (χ0v) is 19.4. The number of hydrogen-bond acceptors (Lipinski definition) is 3. The predicted molar refractivity (Wildman–Crippen MR) is 124 cm³/mol. The molecule has 1 saturated heterocycles. The van der Waals surface area contributed by atoms with Crippen LogP contribution in [0.15, 0.2) is 48.5 Å². The van der Waals surface area contributed by atoms with Crippen molar-refractivity contribution >= 4 is 35.1 Å². The minimum absolute atomic E-state index is 0.105. The number of carboxylic acid groups (broad SMARTS) is 1. The molecule has 32 heavy (non-hydrogen) atoms. The van der Waals surface area contributed by atoms with Gasteiger partial charge in [-0.15, -0.1) is 0 Å². The van der Waals surface area contributed by atoms with Crippen LogP contribution >= 0.6 is 23.2 Å². The summed E-state index contributed by atoms with van der Waals surface area (Å²) in [6.45, 7) is 1.69. The molecule has 5 nitrogen and oxygen atoms in total. The maximum atomic E-state index is 13.1. The monoisotopic (exact) mass is 475 g/mol. The summed E-state index contributed by atoms with van der Waals surface area (Å²) in [7, 11) is 0. The van der Waals surface area contributed by atoms with E-state index >= 15 is 0 Å². The first-order valence-electron chi connectivity index (χ1n) is 10.9. The van der Waals surface area contributed by atoms with Gasteiger partial charge in [0.05, 0.1) is 17.4 Å². The highest BCUT2D eigenvalue weighted by Gasteiger charge is 2.51. The number of rotatable bonds is 7. The molecule has 3 N–H and O–H groups in total. The van der Waals surface area contributed by atoms with Gasteiger partial charge in [-0.1, -0.05) is 54.4 Å². The second-order valence-electron chi connectivity index (χ2n) is 9.49. The number of nitrogens with one attached hydrogen (secondary N) is 1. The molecular formula is C25H27Cl2NO4. The van der Waals surface area contributed by atoms with Crippen LogP contribution in [0.5, 0.6) is 0 Å². The summed E-state index contributed by atoms with van der Waals surface area (Å²) in [6.07, 6.45) is 2.26. The summed E-state index contributed by atoms with van der Waals surface area (Å²) in [6, 6.07) is 14.3. The van der Waals surface area contributed by atoms with Crippen LogP contribution in [0.2, 0.25) is 10.0 Å². The van der Waals surface area contributed by atoms with Gasteiger partial charge in [-0.25, -0.2) is 0 Å². The van der Waals surface area contributed by atoms with Crippen molar-refractivity contribution in [2.24, 2.45) is 11.3 Å². The Morgan fingerprint density at radius 2 is 1.84 bits per heavy atom. The lowest BCUT2D eigenvalue weighted by Gasteiger charge is -2.45. The number of hydrogen-bond donors (Lipinski definition) is 3. The molecule has 2 aromatic carbocycles. The maximum absolute atomic E-state index is 13.1. The highest BCUT2D eigenvalue weighted by Crippen LogP contribution is 2.51. The normalized spacial score (nSPS) is 27.4. The van der Waals surface area contributed by atoms with Gasteiger partial charge in [0.15, 0.2) is 0 Å². The fraction of sp³-hybridized carbons (Fsp3) is 0.440. The molecule has 1 aliphatic carbocycles. The Labute approximate surface area is 197 Å². The van der Waals surface area contributed by atoms with E-state index < -0.39 is 17.0 Å². The molecule has 1 amide bonds. The molecule has 0 bridgehead atoms. The zero-order valence-electron chi connectivity index (χ0n) is 17.9. The number of piperidine rings is 1. The van der Waals surface area contributed by atoms with Crippen LogP contribution in [0.25, 0.3) is 0 Å². The molecular weight excluding hydrogens is 449 g/mol. The van der Waals surface area contributed by atoms with Gasteiger partial charge < -0.3 is 15.5 Å². The van der Waals surface area contributed by atoms with Crippen molar-refractivity contribution in [3.63, 3.8) is 0 Å². The lowest BCUT2D eigenvalue weighted by atomic mass is 9.67. The zero-order chi connectivity index (χ0) is 23.1. The van der Waals surface area contributed by atoms with Crippen LogP contribution in [-0.4, -0.2) is 28.1 Å². The van der Waals surface area contributed by atoms with Gasteiger partial charge >= 0.3 is 5.97 Å². The molecule has 2 aliphatic rings. The smallest absolute Gasteiger partial charge is 0.304 e. The molecule has 4 atom stereocenters. The molecule has 7 heteroatoms. The summed E-state index contributed by atoms with van der Waals surface area (Å²) < 4.78 is 0. The van der Waals surface area contributed by atoms with Crippen LogP contribution in [0.4, 0.5) is 0 Å². The van der Waals surface area contributed by atoms with E-state index in [0.29, 0.717) is 22.9 Å². The summed E-state index contributed by atoms with van der Waals surface area (Å²) in [4.78, 5) is 24.5. The lowest BCUT2D eigenvalue weighted by molar-refractivity contribution is -0.148. The number of carboxylic acids is 1. The Kier molecular flexibility index (Phi) is 6.27. The van der Waals surface area contributed by atoms with Gasteiger partial charge in [0, 0.05) is 28.4 Å². The SMILES string of the molecule is C[C@@]1(CC(=O)O)C[C@H](c2cccc(Cl)c2)[C@H](C[C@@](O)(c2ccc(Cl)cc2)C2CC2)NC1=O. The minimum Gasteiger partial charge on any atom is -0.481 e. The van der Waals surface area contributed by atoms with Crippen LogP contribution in [-0.2, 0) is 15.2 Å². The summed E-state index contributed by atoms with van der Waals surface area (Å²) in [5, 5.41) is 25.5. The van der Waals surface area contributed by atoms with Crippen molar-refractivity contribution in [3.8, 4) is 0 Å². The van der Waals surface area contributed by atoms with Crippen molar-refractivity contribution < 1.29 is 19.8 Å². The summed E-state index contributed by atoms with van der Waals surface area (Å²) in [5.41, 5.74) is -0.455. The van der Waals surface area contributed by atoms with Crippen molar-refractivity contribution in [2.45, 2.75) is 56.6 Å². The van der Waals surface area contributed by atoms with Gasteiger partial charge in [-0.05, 0) is 60.6 Å². The predicted octanol–water partition coefficient (Wildman–Crippen LogP) is 5.13. The van der Waals surface area contributed by atoms with Crippen LogP contribution < -0.4 is 5.32 Å². The quantitative estimate of drug-likeness (QED) is 0.517. The highest BCUT2D eigenvalue weighted by atomic mass is 35.5. The Hall–Kier alpha value is -2.08. The minimum atomic E-state index is -1.11. The molecule has 1 heterocycles. The first-order chi connectivity index (χ1) is 15.1. The average Bonchev–Trinajstić information content (AvgIpc) is 3.56. The largest absolute Gasteiger partial charge is 0.481 e. The molecule has 4 rings (SSSR count). The molecule has 170 valence electrons. The fourth-order valence-electron chi connectivity index (χ4n) is 5.09. The van der Waals surface area contributed by atoms with Crippen LogP contribution in [0.1, 0.15) is 56.1 Å². The third-order valence-electron chi connectivity index (χ3n) is 6.97. The van der Waals surface area contributed by atoms with Crippen molar-refractivity contribution in [1.82, 2.24) is 5.32 Å². The first kappa shape index (κ1) is 23.1.